The van der Waals surface area contributed by atoms with Gasteiger partial charge in [-0.25, -0.2) is 8.78 Å². The summed E-state index contributed by atoms with van der Waals surface area (Å²) in [5.74, 6) is -1.56. The van der Waals surface area contributed by atoms with Gasteiger partial charge in [-0.1, -0.05) is 18.9 Å². The molecule has 0 radical (unpaired) electrons. The molecule has 0 unspecified atom stereocenters. The molecule has 1 atom stereocenters. The molecule has 2 aromatic heterocycles. The SMILES string of the molecule is O=C(NC1CCCC1)[C@H](c1ccco1)N(C(=O)Cn1nnc(-c2ccc(F)cc2)n1)c1cccc(F)c1. The van der Waals surface area contributed by atoms with Crippen molar-refractivity contribution in [1.82, 2.24) is 25.5 Å². The van der Waals surface area contributed by atoms with Crippen LogP contribution in [0.3, 0.4) is 0 Å². The van der Waals surface area contributed by atoms with Crippen molar-refractivity contribution in [1.29, 1.82) is 0 Å². The number of aromatic nitrogens is 4. The third kappa shape index (κ3) is 5.55. The van der Waals surface area contributed by atoms with Crippen molar-refractivity contribution >= 4 is 17.5 Å². The van der Waals surface area contributed by atoms with Crippen molar-refractivity contribution in [3.05, 3.63) is 84.3 Å². The van der Waals surface area contributed by atoms with Gasteiger partial charge in [0, 0.05) is 17.3 Å². The molecular weight excluding hydrogens is 482 g/mol. The average molecular weight is 507 g/mol. The molecule has 2 heterocycles. The average Bonchev–Trinajstić information content (AvgIpc) is 3.66. The fourth-order valence-electron chi connectivity index (χ4n) is 4.46. The minimum Gasteiger partial charge on any atom is -0.467 e. The lowest BCUT2D eigenvalue weighted by Gasteiger charge is -2.30. The molecule has 1 N–H and O–H groups in total. The summed E-state index contributed by atoms with van der Waals surface area (Å²) in [6, 6.07) is 13.0. The fraction of sp³-hybridized carbons (Fsp3) is 0.269. The molecule has 0 bridgehead atoms. The minimum absolute atomic E-state index is 0.00956. The van der Waals surface area contributed by atoms with E-state index in [2.05, 4.69) is 20.7 Å². The van der Waals surface area contributed by atoms with Crippen molar-refractivity contribution in [2.45, 2.75) is 44.3 Å². The van der Waals surface area contributed by atoms with Crippen LogP contribution in [0.2, 0.25) is 0 Å². The Labute approximate surface area is 211 Å². The molecule has 11 heteroatoms. The van der Waals surface area contributed by atoms with Crippen LogP contribution in [0.25, 0.3) is 11.4 Å². The number of nitrogens with zero attached hydrogens (tertiary/aromatic N) is 5. The van der Waals surface area contributed by atoms with E-state index in [1.807, 2.05) is 0 Å². The number of hydrogen-bond acceptors (Lipinski definition) is 6. The second-order valence-corrected chi connectivity index (χ2v) is 8.80. The molecular formula is C26H24F2N6O3. The van der Waals surface area contributed by atoms with E-state index in [1.165, 1.54) is 53.6 Å². The van der Waals surface area contributed by atoms with E-state index in [0.29, 0.717) is 5.56 Å². The van der Waals surface area contributed by atoms with E-state index in [4.69, 9.17) is 4.42 Å². The topological polar surface area (TPSA) is 106 Å². The highest BCUT2D eigenvalue weighted by atomic mass is 19.1. The first-order valence-corrected chi connectivity index (χ1v) is 11.9. The zero-order valence-electron chi connectivity index (χ0n) is 19.8. The first-order chi connectivity index (χ1) is 18.0. The Morgan fingerprint density at radius 3 is 2.54 bits per heavy atom. The smallest absolute Gasteiger partial charge is 0.251 e. The summed E-state index contributed by atoms with van der Waals surface area (Å²) in [6.07, 6.45) is 5.13. The number of tetrazole rings is 1. The third-order valence-corrected chi connectivity index (χ3v) is 6.21. The first-order valence-electron chi connectivity index (χ1n) is 11.9. The first kappa shape index (κ1) is 24.3. The maximum atomic E-state index is 14.2. The summed E-state index contributed by atoms with van der Waals surface area (Å²) >= 11 is 0. The van der Waals surface area contributed by atoms with Crippen molar-refractivity contribution in [2.75, 3.05) is 4.90 Å². The van der Waals surface area contributed by atoms with Crippen molar-refractivity contribution in [3.63, 3.8) is 0 Å². The standard InChI is InChI=1S/C26H24F2N6O3/c27-18-12-10-17(11-13-18)25-30-32-33(31-25)16-23(35)34(21-8-3-5-19(28)15-21)24(22-9-4-14-37-22)26(36)29-20-6-1-2-7-20/h3-5,8-15,20,24H,1-2,6-7,16H2,(H,29,36)/t24-/m0/s1. The number of rotatable bonds is 8. The predicted molar refractivity (Wildman–Crippen MR) is 129 cm³/mol. The summed E-state index contributed by atoms with van der Waals surface area (Å²) in [5, 5.41) is 15.1. The van der Waals surface area contributed by atoms with Crippen LogP contribution in [-0.4, -0.2) is 38.1 Å². The molecule has 2 amide bonds. The third-order valence-electron chi connectivity index (χ3n) is 6.21. The summed E-state index contributed by atoms with van der Waals surface area (Å²) in [5.41, 5.74) is 0.693. The highest BCUT2D eigenvalue weighted by Crippen LogP contribution is 2.30. The molecule has 5 rings (SSSR count). The van der Waals surface area contributed by atoms with Gasteiger partial charge in [0.25, 0.3) is 11.8 Å². The number of carbonyl (C=O) groups excluding carboxylic acids is 2. The Morgan fingerprint density at radius 1 is 1.05 bits per heavy atom. The van der Waals surface area contributed by atoms with Gasteiger partial charge in [0.05, 0.1) is 6.26 Å². The van der Waals surface area contributed by atoms with Gasteiger partial charge in [-0.15, -0.1) is 10.2 Å². The van der Waals surface area contributed by atoms with E-state index in [0.717, 1.165) is 30.5 Å². The van der Waals surface area contributed by atoms with E-state index in [-0.39, 0.29) is 23.3 Å². The second kappa shape index (κ2) is 10.7. The zero-order chi connectivity index (χ0) is 25.8. The van der Waals surface area contributed by atoms with Crippen molar-refractivity contribution in [3.8, 4) is 11.4 Å². The number of carbonyl (C=O) groups is 2. The summed E-state index contributed by atoms with van der Waals surface area (Å²) < 4.78 is 33.1. The molecule has 0 spiro atoms. The summed E-state index contributed by atoms with van der Waals surface area (Å²) in [7, 11) is 0. The van der Waals surface area contributed by atoms with Crippen LogP contribution in [0.15, 0.2) is 71.3 Å². The monoisotopic (exact) mass is 506 g/mol. The van der Waals surface area contributed by atoms with E-state index in [9.17, 15) is 18.4 Å². The van der Waals surface area contributed by atoms with Gasteiger partial charge in [-0.05, 0) is 72.7 Å². The Balaban J connectivity index is 1.47. The lowest BCUT2D eigenvalue weighted by molar-refractivity contribution is -0.128. The van der Waals surface area contributed by atoms with Crippen LogP contribution >= 0.6 is 0 Å². The number of halogens is 2. The number of nitrogens with one attached hydrogen (secondary N) is 1. The maximum absolute atomic E-state index is 14.2. The highest BCUT2D eigenvalue weighted by molar-refractivity contribution is 6.01. The minimum atomic E-state index is -1.19. The molecule has 9 nitrogen and oxygen atoms in total. The lowest BCUT2D eigenvalue weighted by Crippen LogP contribution is -2.47. The van der Waals surface area contributed by atoms with Gasteiger partial charge in [0.2, 0.25) is 5.82 Å². The number of anilines is 1. The fourth-order valence-corrected chi connectivity index (χ4v) is 4.46. The van der Waals surface area contributed by atoms with E-state index in [1.54, 1.807) is 18.2 Å². The lowest BCUT2D eigenvalue weighted by atomic mass is 10.1. The van der Waals surface area contributed by atoms with Gasteiger partial charge in [-0.3, -0.25) is 14.5 Å². The van der Waals surface area contributed by atoms with Crippen LogP contribution in [-0.2, 0) is 16.1 Å². The van der Waals surface area contributed by atoms with Crippen molar-refractivity contribution in [2.24, 2.45) is 0 Å². The van der Waals surface area contributed by atoms with Gasteiger partial charge in [0.1, 0.15) is 23.9 Å². The van der Waals surface area contributed by atoms with Crippen LogP contribution < -0.4 is 10.2 Å². The summed E-state index contributed by atoms with van der Waals surface area (Å²) in [4.78, 5) is 29.5. The largest absolute Gasteiger partial charge is 0.467 e. The van der Waals surface area contributed by atoms with Crippen LogP contribution in [0.5, 0.6) is 0 Å². The summed E-state index contributed by atoms with van der Waals surface area (Å²) in [6.45, 7) is -0.390. The molecule has 1 saturated carbocycles. The van der Waals surface area contributed by atoms with Crippen LogP contribution in [0.1, 0.15) is 37.5 Å². The number of amides is 2. The molecule has 0 aliphatic heterocycles. The quantitative estimate of drug-likeness (QED) is 0.387. The Morgan fingerprint density at radius 2 is 1.84 bits per heavy atom. The molecule has 37 heavy (non-hydrogen) atoms. The number of benzene rings is 2. The zero-order valence-corrected chi connectivity index (χ0v) is 19.8. The Hall–Kier alpha value is -4.41. The van der Waals surface area contributed by atoms with Gasteiger partial charge >= 0.3 is 0 Å². The Kier molecular flexibility index (Phi) is 7.02. The van der Waals surface area contributed by atoms with Gasteiger partial charge in [0.15, 0.2) is 6.04 Å². The van der Waals surface area contributed by atoms with Crippen molar-refractivity contribution < 1.29 is 22.8 Å². The van der Waals surface area contributed by atoms with Gasteiger partial charge in [-0.2, -0.15) is 4.80 Å². The molecule has 190 valence electrons. The molecule has 1 aliphatic carbocycles. The van der Waals surface area contributed by atoms with Crippen LogP contribution in [0.4, 0.5) is 14.5 Å². The molecule has 2 aromatic carbocycles. The maximum Gasteiger partial charge on any atom is 0.251 e. The second-order valence-electron chi connectivity index (χ2n) is 8.80. The number of furan rings is 1. The Bertz CT molecular complexity index is 1370. The van der Waals surface area contributed by atoms with Crippen LogP contribution in [0, 0.1) is 11.6 Å². The molecule has 1 fully saturated rings. The van der Waals surface area contributed by atoms with E-state index >= 15 is 0 Å². The number of hydrogen-bond donors (Lipinski definition) is 1. The highest BCUT2D eigenvalue weighted by Gasteiger charge is 2.36. The molecule has 1 aliphatic rings. The van der Waals surface area contributed by atoms with Gasteiger partial charge < -0.3 is 9.73 Å². The normalized spacial score (nSPS) is 14.4. The molecule has 0 saturated heterocycles. The molecule has 4 aromatic rings. The predicted octanol–water partition coefficient (Wildman–Crippen LogP) is 4.04. The van der Waals surface area contributed by atoms with E-state index < -0.39 is 36.0 Å².